The van der Waals surface area contributed by atoms with Crippen LogP contribution in [0.3, 0.4) is 0 Å². The summed E-state index contributed by atoms with van der Waals surface area (Å²) in [4.78, 5) is 16.4. The van der Waals surface area contributed by atoms with Crippen LogP contribution in [0.1, 0.15) is 27.8 Å². The van der Waals surface area contributed by atoms with Crippen molar-refractivity contribution in [3.8, 4) is 17.1 Å². The Kier molecular flexibility index (Phi) is 5.38. The van der Waals surface area contributed by atoms with Crippen molar-refractivity contribution in [2.24, 2.45) is 0 Å². The Hall–Kier alpha value is -3.87. The van der Waals surface area contributed by atoms with Crippen LogP contribution < -0.4 is 4.74 Å². The quantitative estimate of drug-likeness (QED) is 0.427. The SMILES string of the molecule is Cc1ccc(-c2noc(COC(=O)c3ccc(COc4ccccc4)o3)n2)cc1. The highest BCUT2D eigenvalue weighted by Crippen LogP contribution is 2.18. The fraction of sp³-hybridized carbons (Fsp3) is 0.136. The van der Waals surface area contributed by atoms with E-state index in [0.717, 1.165) is 11.1 Å². The maximum Gasteiger partial charge on any atom is 0.374 e. The van der Waals surface area contributed by atoms with Gasteiger partial charge < -0.3 is 18.4 Å². The number of furan rings is 1. The van der Waals surface area contributed by atoms with E-state index in [0.29, 0.717) is 17.3 Å². The number of rotatable bonds is 7. The predicted octanol–water partition coefficient (Wildman–Crippen LogP) is 4.57. The number of nitrogens with zero attached hydrogens (tertiary/aromatic N) is 2. The Morgan fingerprint density at radius 3 is 2.55 bits per heavy atom. The van der Waals surface area contributed by atoms with Gasteiger partial charge in [0.05, 0.1) is 0 Å². The van der Waals surface area contributed by atoms with E-state index in [4.69, 9.17) is 18.4 Å². The van der Waals surface area contributed by atoms with E-state index in [2.05, 4.69) is 10.1 Å². The molecule has 2 aromatic heterocycles. The third-order valence-corrected chi connectivity index (χ3v) is 4.09. The van der Waals surface area contributed by atoms with Crippen molar-refractivity contribution < 1.29 is 23.2 Å². The Balaban J connectivity index is 1.31. The first kappa shape index (κ1) is 18.5. The van der Waals surface area contributed by atoms with Crippen LogP contribution in [0.2, 0.25) is 0 Å². The zero-order chi connectivity index (χ0) is 20.1. The molecule has 0 aliphatic carbocycles. The molecule has 29 heavy (non-hydrogen) atoms. The highest BCUT2D eigenvalue weighted by molar-refractivity contribution is 5.86. The van der Waals surface area contributed by atoms with E-state index in [1.807, 2.05) is 61.5 Å². The van der Waals surface area contributed by atoms with Gasteiger partial charge >= 0.3 is 5.97 Å². The van der Waals surface area contributed by atoms with E-state index in [-0.39, 0.29) is 24.9 Å². The van der Waals surface area contributed by atoms with Crippen LogP contribution in [-0.4, -0.2) is 16.1 Å². The molecule has 0 aliphatic rings. The van der Waals surface area contributed by atoms with Crippen molar-refractivity contribution >= 4 is 5.97 Å². The number of ether oxygens (including phenoxy) is 2. The molecule has 2 aromatic carbocycles. The lowest BCUT2D eigenvalue weighted by atomic mass is 10.1. The van der Waals surface area contributed by atoms with Gasteiger partial charge in [0, 0.05) is 5.56 Å². The average molecular weight is 390 g/mol. The fourth-order valence-corrected chi connectivity index (χ4v) is 2.57. The standard InChI is InChI=1S/C22H18N2O5/c1-15-7-9-16(10-8-15)21-23-20(29-24-21)14-27-22(25)19-12-11-18(28-19)13-26-17-5-3-2-4-6-17/h2-12H,13-14H2,1H3. The highest BCUT2D eigenvalue weighted by Gasteiger charge is 2.16. The van der Waals surface area contributed by atoms with Crippen molar-refractivity contribution in [3.05, 3.63) is 89.7 Å². The number of carbonyl (C=O) groups excluding carboxylic acids is 1. The van der Waals surface area contributed by atoms with Crippen molar-refractivity contribution in [1.29, 1.82) is 0 Å². The summed E-state index contributed by atoms with van der Waals surface area (Å²) in [7, 11) is 0. The Bertz CT molecular complexity index is 1080. The minimum Gasteiger partial charge on any atom is -0.486 e. The van der Waals surface area contributed by atoms with E-state index < -0.39 is 5.97 Å². The Labute approximate surface area is 166 Å². The van der Waals surface area contributed by atoms with Gasteiger partial charge in [-0.05, 0) is 31.2 Å². The summed E-state index contributed by atoms with van der Waals surface area (Å²) < 4.78 is 21.4. The molecular formula is C22H18N2O5. The minimum absolute atomic E-state index is 0.0786. The van der Waals surface area contributed by atoms with Crippen molar-refractivity contribution in [1.82, 2.24) is 10.1 Å². The number of esters is 1. The van der Waals surface area contributed by atoms with Gasteiger partial charge in [0.25, 0.3) is 5.89 Å². The molecule has 0 fully saturated rings. The lowest BCUT2D eigenvalue weighted by Gasteiger charge is -2.03. The average Bonchev–Trinajstić information content (AvgIpc) is 3.42. The van der Waals surface area contributed by atoms with Crippen LogP contribution in [0, 0.1) is 6.92 Å². The van der Waals surface area contributed by atoms with Crippen LogP contribution in [-0.2, 0) is 18.0 Å². The zero-order valence-corrected chi connectivity index (χ0v) is 15.7. The first-order chi connectivity index (χ1) is 14.2. The number of benzene rings is 2. The molecule has 146 valence electrons. The minimum atomic E-state index is -0.619. The summed E-state index contributed by atoms with van der Waals surface area (Å²) in [6.07, 6.45) is 0. The van der Waals surface area contributed by atoms with E-state index in [1.165, 1.54) is 6.07 Å². The molecule has 7 heteroatoms. The maximum atomic E-state index is 12.2. The predicted molar refractivity (Wildman–Crippen MR) is 103 cm³/mol. The van der Waals surface area contributed by atoms with Gasteiger partial charge in [0.15, 0.2) is 6.61 Å². The van der Waals surface area contributed by atoms with Gasteiger partial charge in [0.2, 0.25) is 11.6 Å². The molecule has 7 nitrogen and oxygen atoms in total. The molecule has 2 heterocycles. The molecule has 0 N–H and O–H groups in total. The molecule has 0 radical (unpaired) electrons. The zero-order valence-electron chi connectivity index (χ0n) is 15.7. The van der Waals surface area contributed by atoms with Gasteiger partial charge in [-0.3, -0.25) is 0 Å². The van der Waals surface area contributed by atoms with Gasteiger partial charge in [0.1, 0.15) is 18.1 Å². The second-order valence-corrected chi connectivity index (χ2v) is 6.32. The lowest BCUT2D eigenvalue weighted by Crippen LogP contribution is -2.04. The summed E-state index contributed by atoms with van der Waals surface area (Å²) in [5.74, 6) is 1.33. The molecule has 0 saturated heterocycles. The van der Waals surface area contributed by atoms with E-state index >= 15 is 0 Å². The van der Waals surface area contributed by atoms with Gasteiger partial charge in [-0.15, -0.1) is 0 Å². The van der Waals surface area contributed by atoms with E-state index in [1.54, 1.807) is 6.07 Å². The number of hydrogen-bond donors (Lipinski definition) is 0. The molecule has 0 saturated carbocycles. The lowest BCUT2D eigenvalue weighted by molar-refractivity contribution is 0.0390. The van der Waals surface area contributed by atoms with Crippen LogP contribution in [0.25, 0.3) is 11.4 Å². The third kappa shape index (κ3) is 4.70. The number of carbonyl (C=O) groups is 1. The molecule has 4 rings (SSSR count). The molecule has 0 amide bonds. The summed E-state index contributed by atoms with van der Waals surface area (Å²) in [6, 6.07) is 20.3. The summed E-state index contributed by atoms with van der Waals surface area (Å²) in [5.41, 5.74) is 1.96. The second kappa shape index (κ2) is 8.43. The summed E-state index contributed by atoms with van der Waals surface area (Å²) in [6.45, 7) is 2.06. The molecule has 0 spiro atoms. The third-order valence-electron chi connectivity index (χ3n) is 4.09. The number of aromatic nitrogens is 2. The topological polar surface area (TPSA) is 87.6 Å². The second-order valence-electron chi connectivity index (χ2n) is 6.32. The van der Waals surface area contributed by atoms with Crippen LogP contribution in [0.4, 0.5) is 0 Å². The monoisotopic (exact) mass is 390 g/mol. The van der Waals surface area contributed by atoms with E-state index in [9.17, 15) is 4.79 Å². The Morgan fingerprint density at radius 1 is 0.966 bits per heavy atom. The molecular weight excluding hydrogens is 372 g/mol. The van der Waals surface area contributed by atoms with Gasteiger partial charge in [-0.1, -0.05) is 53.2 Å². The normalized spacial score (nSPS) is 10.7. The largest absolute Gasteiger partial charge is 0.486 e. The Morgan fingerprint density at radius 2 is 1.76 bits per heavy atom. The van der Waals surface area contributed by atoms with Gasteiger partial charge in [-0.25, -0.2) is 4.79 Å². The van der Waals surface area contributed by atoms with Crippen molar-refractivity contribution in [3.63, 3.8) is 0 Å². The first-order valence-corrected chi connectivity index (χ1v) is 9.01. The summed E-state index contributed by atoms with van der Waals surface area (Å²) in [5, 5.41) is 3.91. The van der Waals surface area contributed by atoms with Crippen LogP contribution in [0.5, 0.6) is 5.75 Å². The first-order valence-electron chi connectivity index (χ1n) is 9.01. The fourth-order valence-electron chi connectivity index (χ4n) is 2.57. The summed E-state index contributed by atoms with van der Waals surface area (Å²) >= 11 is 0. The smallest absolute Gasteiger partial charge is 0.374 e. The maximum absolute atomic E-state index is 12.2. The number of hydrogen-bond acceptors (Lipinski definition) is 7. The molecule has 4 aromatic rings. The number of aryl methyl sites for hydroxylation is 1. The molecule has 0 unspecified atom stereocenters. The molecule has 0 bridgehead atoms. The van der Waals surface area contributed by atoms with Crippen molar-refractivity contribution in [2.45, 2.75) is 20.1 Å². The van der Waals surface area contributed by atoms with Crippen LogP contribution >= 0.6 is 0 Å². The van der Waals surface area contributed by atoms with Crippen LogP contribution in [0.15, 0.2) is 75.7 Å². The molecule has 0 aliphatic heterocycles. The van der Waals surface area contributed by atoms with Crippen molar-refractivity contribution in [2.75, 3.05) is 0 Å². The van der Waals surface area contributed by atoms with Gasteiger partial charge in [-0.2, -0.15) is 4.98 Å². The number of para-hydroxylation sites is 1. The highest BCUT2D eigenvalue weighted by atomic mass is 16.6. The molecule has 0 atom stereocenters.